The maximum Gasteiger partial charge on any atom is 0.319 e. The van der Waals surface area contributed by atoms with E-state index in [0.717, 1.165) is 38.1 Å². The molecule has 1 N–H and O–H groups in total. The molecule has 0 radical (unpaired) electrons. The van der Waals surface area contributed by atoms with Crippen molar-refractivity contribution in [3.05, 3.63) is 0 Å². The Bertz CT molecular complexity index is 341. The van der Waals surface area contributed by atoms with Gasteiger partial charge in [0.25, 0.3) is 0 Å². The average molecular weight is 271 g/mol. The molecule has 18 heavy (non-hydrogen) atoms. The largest absolute Gasteiger partial charge is 0.480 e. The van der Waals surface area contributed by atoms with Gasteiger partial charge in [-0.3, -0.25) is 9.59 Å². The topological polar surface area (TPSA) is 57.6 Å². The molecule has 1 aliphatic carbocycles. The first-order valence-electron chi connectivity index (χ1n) is 6.74. The van der Waals surface area contributed by atoms with Crippen LogP contribution < -0.4 is 0 Å². The fourth-order valence-electron chi connectivity index (χ4n) is 2.61. The summed E-state index contributed by atoms with van der Waals surface area (Å²) >= 11 is 1.88. The van der Waals surface area contributed by atoms with Gasteiger partial charge >= 0.3 is 5.97 Å². The summed E-state index contributed by atoms with van der Waals surface area (Å²) in [5, 5.41) is 9.67. The van der Waals surface area contributed by atoms with E-state index in [1.807, 2.05) is 11.8 Å². The summed E-state index contributed by atoms with van der Waals surface area (Å²) in [4.78, 5) is 25.4. The van der Waals surface area contributed by atoms with Crippen molar-refractivity contribution >= 4 is 23.6 Å². The summed E-state index contributed by atoms with van der Waals surface area (Å²) in [6.45, 7) is 3.59. The summed E-state index contributed by atoms with van der Waals surface area (Å²) in [5.74, 6) is -0.0217. The number of hydrogen-bond donors (Lipinski definition) is 1. The zero-order chi connectivity index (χ0) is 13.2. The second kappa shape index (κ2) is 5.51. The molecule has 1 saturated carbocycles. The van der Waals surface area contributed by atoms with E-state index in [0.29, 0.717) is 18.1 Å². The lowest BCUT2D eigenvalue weighted by Crippen LogP contribution is -2.43. The maximum absolute atomic E-state index is 12.4. The Morgan fingerprint density at radius 3 is 2.67 bits per heavy atom. The molecule has 2 rings (SSSR count). The minimum absolute atomic E-state index is 0.140. The standard InChI is InChI=1S/C13H21NO3S/c1-2-18-10-5-3-4-8-14(9-10)11(15)13(6-7-13)12(16)17/h10H,2-9H2,1H3,(H,16,17). The Hall–Kier alpha value is -0.710. The van der Waals surface area contributed by atoms with Crippen molar-refractivity contribution in [2.24, 2.45) is 5.41 Å². The summed E-state index contributed by atoms with van der Waals surface area (Å²) in [7, 11) is 0. The van der Waals surface area contributed by atoms with Gasteiger partial charge in [-0.1, -0.05) is 13.3 Å². The number of aliphatic carboxylic acids is 1. The molecule has 5 heteroatoms. The Labute approximate surface area is 112 Å². The van der Waals surface area contributed by atoms with Crippen molar-refractivity contribution < 1.29 is 14.7 Å². The third kappa shape index (κ3) is 2.66. The van der Waals surface area contributed by atoms with Crippen LogP contribution in [0.25, 0.3) is 0 Å². The van der Waals surface area contributed by atoms with Gasteiger partial charge in [0.2, 0.25) is 5.91 Å². The van der Waals surface area contributed by atoms with Crippen LogP contribution in [0.1, 0.15) is 39.0 Å². The van der Waals surface area contributed by atoms with Crippen LogP contribution in [0, 0.1) is 5.41 Å². The molecular formula is C13H21NO3S. The van der Waals surface area contributed by atoms with E-state index in [9.17, 15) is 14.7 Å². The van der Waals surface area contributed by atoms with Gasteiger partial charge in [-0.25, -0.2) is 0 Å². The number of likely N-dealkylation sites (tertiary alicyclic amines) is 1. The minimum atomic E-state index is -1.06. The van der Waals surface area contributed by atoms with Crippen molar-refractivity contribution in [2.45, 2.75) is 44.3 Å². The molecule has 0 aromatic rings. The molecule has 4 nitrogen and oxygen atoms in total. The van der Waals surface area contributed by atoms with E-state index < -0.39 is 11.4 Å². The Balaban J connectivity index is 2.02. The molecule has 1 aliphatic heterocycles. The number of amides is 1. The van der Waals surface area contributed by atoms with Gasteiger partial charge in [0.1, 0.15) is 5.41 Å². The quantitative estimate of drug-likeness (QED) is 0.794. The number of nitrogens with zero attached hydrogens (tertiary/aromatic N) is 1. The molecule has 1 unspecified atom stereocenters. The van der Waals surface area contributed by atoms with Crippen LogP contribution in [0.4, 0.5) is 0 Å². The van der Waals surface area contributed by atoms with Gasteiger partial charge < -0.3 is 10.0 Å². The molecule has 0 aromatic carbocycles. The monoisotopic (exact) mass is 271 g/mol. The zero-order valence-electron chi connectivity index (χ0n) is 10.9. The van der Waals surface area contributed by atoms with Gasteiger partial charge in [0, 0.05) is 18.3 Å². The molecular weight excluding hydrogens is 250 g/mol. The lowest BCUT2D eigenvalue weighted by Gasteiger charge is -2.26. The molecule has 1 heterocycles. The summed E-state index contributed by atoms with van der Waals surface area (Å²) in [6.07, 6.45) is 4.32. The number of carbonyl (C=O) groups excluding carboxylic acids is 1. The van der Waals surface area contributed by atoms with Crippen LogP contribution in [0.3, 0.4) is 0 Å². The van der Waals surface area contributed by atoms with Crippen LogP contribution in [0.2, 0.25) is 0 Å². The molecule has 0 bridgehead atoms. The van der Waals surface area contributed by atoms with Crippen LogP contribution in [0.15, 0.2) is 0 Å². The number of carboxylic acids is 1. The zero-order valence-corrected chi connectivity index (χ0v) is 11.7. The van der Waals surface area contributed by atoms with Gasteiger partial charge in [-0.2, -0.15) is 11.8 Å². The van der Waals surface area contributed by atoms with E-state index in [-0.39, 0.29) is 5.91 Å². The number of carboxylic acid groups (broad SMARTS) is 1. The van der Waals surface area contributed by atoms with E-state index >= 15 is 0 Å². The summed E-state index contributed by atoms with van der Waals surface area (Å²) in [6, 6.07) is 0. The molecule has 0 aromatic heterocycles. The second-order valence-corrected chi connectivity index (χ2v) is 6.79. The highest BCUT2D eigenvalue weighted by Gasteiger charge is 2.58. The van der Waals surface area contributed by atoms with Crippen molar-refractivity contribution in [1.29, 1.82) is 0 Å². The molecule has 1 atom stereocenters. The van der Waals surface area contributed by atoms with Crippen molar-refractivity contribution in [3.63, 3.8) is 0 Å². The maximum atomic E-state index is 12.4. The SMILES string of the molecule is CCSC1CCCCN(C(=O)C2(C(=O)O)CC2)C1. The summed E-state index contributed by atoms with van der Waals surface area (Å²) < 4.78 is 0. The second-order valence-electron chi connectivity index (χ2n) is 5.21. The van der Waals surface area contributed by atoms with Crippen molar-refractivity contribution in [3.8, 4) is 0 Å². The number of hydrogen-bond acceptors (Lipinski definition) is 3. The first-order chi connectivity index (χ1) is 8.60. The van der Waals surface area contributed by atoms with Crippen LogP contribution >= 0.6 is 11.8 Å². The lowest BCUT2D eigenvalue weighted by molar-refractivity contribution is -0.153. The normalized spacial score (nSPS) is 26.5. The first kappa shape index (κ1) is 13.7. The van der Waals surface area contributed by atoms with Gasteiger partial charge in [0.15, 0.2) is 0 Å². The smallest absolute Gasteiger partial charge is 0.319 e. The number of carbonyl (C=O) groups is 2. The number of thioether (sulfide) groups is 1. The van der Waals surface area contributed by atoms with Gasteiger partial charge in [0.05, 0.1) is 0 Å². The van der Waals surface area contributed by atoms with Gasteiger partial charge in [-0.15, -0.1) is 0 Å². The molecule has 1 saturated heterocycles. The van der Waals surface area contributed by atoms with E-state index in [1.165, 1.54) is 0 Å². The lowest BCUT2D eigenvalue weighted by atomic mass is 10.1. The molecule has 102 valence electrons. The number of rotatable bonds is 4. The molecule has 2 aliphatic rings. The van der Waals surface area contributed by atoms with Crippen LogP contribution in [-0.4, -0.2) is 46.0 Å². The van der Waals surface area contributed by atoms with E-state index in [2.05, 4.69) is 6.92 Å². The Kier molecular flexibility index (Phi) is 4.20. The Morgan fingerprint density at radius 2 is 2.11 bits per heavy atom. The third-order valence-corrected chi connectivity index (χ3v) is 5.08. The molecule has 1 amide bonds. The fourth-order valence-corrected chi connectivity index (χ4v) is 3.70. The van der Waals surface area contributed by atoms with Gasteiger partial charge in [-0.05, 0) is 31.4 Å². The molecule has 0 spiro atoms. The minimum Gasteiger partial charge on any atom is -0.480 e. The van der Waals surface area contributed by atoms with Crippen molar-refractivity contribution in [1.82, 2.24) is 4.90 Å². The predicted octanol–water partition coefficient (Wildman–Crippen LogP) is 1.99. The van der Waals surface area contributed by atoms with Crippen LogP contribution in [0.5, 0.6) is 0 Å². The predicted molar refractivity (Wildman–Crippen MR) is 71.7 cm³/mol. The van der Waals surface area contributed by atoms with Crippen molar-refractivity contribution in [2.75, 3.05) is 18.8 Å². The Morgan fingerprint density at radius 1 is 1.39 bits per heavy atom. The average Bonchev–Trinajstić information content (AvgIpc) is 3.14. The third-order valence-electron chi connectivity index (χ3n) is 3.89. The summed E-state index contributed by atoms with van der Waals surface area (Å²) in [5.41, 5.74) is -1.06. The van der Waals surface area contributed by atoms with E-state index in [4.69, 9.17) is 0 Å². The molecule has 2 fully saturated rings. The first-order valence-corrected chi connectivity index (χ1v) is 7.79. The van der Waals surface area contributed by atoms with E-state index in [1.54, 1.807) is 4.90 Å². The van der Waals surface area contributed by atoms with Crippen LogP contribution in [-0.2, 0) is 9.59 Å². The highest BCUT2D eigenvalue weighted by Crippen LogP contribution is 2.47. The highest BCUT2D eigenvalue weighted by molar-refractivity contribution is 7.99. The highest BCUT2D eigenvalue weighted by atomic mass is 32.2. The fraction of sp³-hybridized carbons (Fsp3) is 0.846.